The molecule has 1 aliphatic carbocycles. The van der Waals surface area contributed by atoms with Crippen LogP contribution < -0.4 is 0 Å². The second kappa shape index (κ2) is 2.46. The molecule has 0 saturated carbocycles. The number of nitroso groups, excluding NO2 is 1. The van der Waals surface area contributed by atoms with E-state index in [1.54, 1.807) is 6.07 Å². The van der Waals surface area contributed by atoms with E-state index in [2.05, 4.69) is 5.18 Å². The van der Waals surface area contributed by atoms with Gasteiger partial charge in [0.1, 0.15) is 5.69 Å². The van der Waals surface area contributed by atoms with Crippen LogP contribution in [0, 0.1) is 4.91 Å². The van der Waals surface area contributed by atoms with Gasteiger partial charge in [0, 0.05) is 0 Å². The van der Waals surface area contributed by atoms with E-state index in [0.29, 0.717) is 5.69 Å². The molecule has 0 saturated heterocycles. The summed E-state index contributed by atoms with van der Waals surface area (Å²) in [5.74, 6) is 0. The van der Waals surface area contributed by atoms with Crippen molar-refractivity contribution in [3.05, 3.63) is 34.2 Å². The van der Waals surface area contributed by atoms with Crippen LogP contribution in [0.1, 0.15) is 17.5 Å². The summed E-state index contributed by atoms with van der Waals surface area (Å²) in [7, 11) is 0. The summed E-state index contributed by atoms with van der Waals surface area (Å²) in [5.41, 5.74) is 3.25. The van der Waals surface area contributed by atoms with Gasteiger partial charge >= 0.3 is 0 Å². The fourth-order valence-electron chi connectivity index (χ4n) is 1.62. The van der Waals surface area contributed by atoms with Gasteiger partial charge in [-0.05, 0) is 47.7 Å². The molecule has 56 valence electrons. The van der Waals surface area contributed by atoms with E-state index in [4.69, 9.17) is 0 Å². The Kier molecular flexibility index (Phi) is 1.46. The molecule has 2 nitrogen and oxygen atoms in total. The molecule has 0 unspecified atom stereocenters. The predicted octanol–water partition coefficient (Wildman–Crippen LogP) is 2.57. The van der Waals surface area contributed by atoms with Crippen molar-refractivity contribution >= 4 is 5.69 Å². The quantitative estimate of drug-likeness (QED) is 0.561. The molecule has 0 heterocycles. The summed E-state index contributed by atoms with van der Waals surface area (Å²) in [5, 5.41) is 2.90. The van der Waals surface area contributed by atoms with Crippen LogP contribution in [0.3, 0.4) is 0 Å². The van der Waals surface area contributed by atoms with Gasteiger partial charge in [0.15, 0.2) is 0 Å². The highest BCUT2D eigenvalue weighted by Gasteiger charge is 2.10. The van der Waals surface area contributed by atoms with Crippen molar-refractivity contribution in [1.82, 2.24) is 0 Å². The Morgan fingerprint density at radius 3 is 2.82 bits per heavy atom. The molecule has 0 radical (unpaired) electrons. The maximum Gasteiger partial charge on any atom is 0.108 e. The third-order valence-corrected chi connectivity index (χ3v) is 2.19. The minimum absolute atomic E-state index is 0.561. The van der Waals surface area contributed by atoms with Crippen molar-refractivity contribution in [2.24, 2.45) is 5.18 Å². The highest BCUT2D eigenvalue weighted by atomic mass is 16.3. The topological polar surface area (TPSA) is 29.4 Å². The van der Waals surface area contributed by atoms with Gasteiger partial charge in [0.2, 0.25) is 0 Å². The van der Waals surface area contributed by atoms with Gasteiger partial charge in [-0.1, -0.05) is 6.07 Å². The van der Waals surface area contributed by atoms with Crippen LogP contribution in [-0.4, -0.2) is 0 Å². The van der Waals surface area contributed by atoms with Gasteiger partial charge in [0.25, 0.3) is 0 Å². The van der Waals surface area contributed by atoms with E-state index in [0.717, 1.165) is 12.8 Å². The maximum atomic E-state index is 10.2. The third-order valence-electron chi connectivity index (χ3n) is 2.19. The third kappa shape index (κ3) is 1.04. The van der Waals surface area contributed by atoms with Crippen molar-refractivity contribution < 1.29 is 0 Å². The fraction of sp³-hybridized carbons (Fsp3) is 0.333. The normalized spacial score (nSPS) is 14.5. The Labute approximate surface area is 65.2 Å². The highest BCUT2D eigenvalue weighted by Crippen LogP contribution is 2.25. The van der Waals surface area contributed by atoms with E-state index in [-0.39, 0.29) is 0 Å². The second-order valence-electron chi connectivity index (χ2n) is 2.90. The number of hydrogen-bond acceptors (Lipinski definition) is 2. The Morgan fingerprint density at radius 2 is 2.00 bits per heavy atom. The Balaban J connectivity index is 2.48. The standard InChI is InChI=1S/C9H9NO/c11-10-9-5-4-7-2-1-3-8(7)6-9/h4-6H,1-3H2. The number of fused-ring (bicyclic) bond motifs is 1. The zero-order valence-electron chi connectivity index (χ0n) is 6.21. The number of nitrogens with zero attached hydrogens (tertiary/aromatic N) is 1. The smallest absolute Gasteiger partial charge is 0.108 e. The first-order chi connectivity index (χ1) is 5.40. The molecule has 0 spiro atoms. The molecule has 1 aromatic carbocycles. The van der Waals surface area contributed by atoms with Crippen LogP contribution in [0.2, 0.25) is 0 Å². The summed E-state index contributed by atoms with van der Waals surface area (Å²) in [6.07, 6.45) is 3.49. The van der Waals surface area contributed by atoms with E-state index in [1.165, 1.54) is 17.5 Å². The first kappa shape index (κ1) is 6.53. The Morgan fingerprint density at radius 1 is 1.18 bits per heavy atom. The predicted molar refractivity (Wildman–Crippen MR) is 43.9 cm³/mol. The monoisotopic (exact) mass is 147 g/mol. The first-order valence-corrected chi connectivity index (χ1v) is 3.85. The molecule has 0 fully saturated rings. The van der Waals surface area contributed by atoms with Crippen molar-refractivity contribution in [2.75, 3.05) is 0 Å². The molecule has 2 heteroatoms. The zero-order chi connectivity index (χ0) is 7.68. The van der Waals surface area contributed by atoms with Gasteiger partial charge in [-0.25, -0.2) is 0 Å². The molecular weight excluding hydrogens is 138 g/mol. The molecule has 11 heavy (non-hydrogen) atoms. The molecule has 0 atom stereocenters. The van der Waals surface area contributed by atoms with Crippen LogP contribution >= 0.6 is 0 Å². The SMILES string of the molecule is O=Nc1ccc2c(c1)CCC2. The van der Waals surface area contributed by atoms with Gasteiger partial charge in [0.05, 0.1) is 0 Å². The van der Waals surface area contributed by atoms with Crippen molar-refractivity contribution in [3.63, 3.8) is 0 Å². The highest BCUT2D eigenvalue weighted by molar-refractivity contribution is 5.45. The molecule has 0 amide bonds. The molecule has 2 rings (SSSR count). The molecule has 1 aromatic rings. The lowest BCUT2D eigenvalue weighted by Crippen LogP contribution is -1.78. The molecule has 0 bridgehead atoms. The molecule has 1 aliphatic rings. The maximum absolute atomic E-state index is 10.2. The Hall–Kier alpha value is -1.18. The van der Waals surface area contributed by atoms with Gasteiger partial charge in [-0.2, -0.15) is 0 Å². The van der Waals surface area contributed by atoms with Gasteiger partial charge < -0.3 is 0 Å². The lowest BCUT2D eigenvalue weighted by molar-refractivity contribution is 0.912. The summed E-state index contributed by atoms with van der Waals surface area (Å²) in [6, 6.07) is 5.70. The van der Waals surface area contributed by atoms with E-state index < -0.39 is 0 Å². The van der Waals surface area contributed by atoms with Crippen LogP contribution in [0.4, 0.5) is 5.69 Å². The molecule has 0 aliphatic heterocycles. The minimum atomic E-state index is 0.561. The Bertz CT molecular complexity index is 294. The second-order valence-corrected chi connectivity index (χ2v) is 2.90. The molecule has 0 aromatic heterocycles. The number of rotatable bonds is 1. The summed E-state index contributed by atoms with van der Waals surface area (Å²) >= 11 is 0. The van der Waals surface area contributed by atoms with E-state index in [1.807, 2.05) is 12.1 Å². The number of aryl methyl sites for hydroxylation is 2. The first-order valence-electron chi connectivity index (χ1n) is 3.85. The van der Waals surface area contributed by atoms with Gasteiger partial charge in [-0.15, -0.1) is 4.91 Å². The number of benzene rings is 1. The van der Waals surface area contributed by atoms with Crippen LogP contribution in [-0.2, 0) is 12.8 Å². The van der Waals surface area contributed by atoms with Crippen LogP contribution in [0.25, 0.3) is 0 Å². The molecule has 0 N–H and O–H groups in total. The van der Waals surface area contributed by atoms with Crippen LogP contribution in [0.15, 0.2) is 23.4 Å². The lowest BCUT2D eigenvalue weighted by atomic mass is 10.1. The summed E-state index contributed by atoms with van der Waals surface area (Å²) < 4.78 is 0. The fourth-order valence-corrected chi connectivity index (χ4v) is 1.62. The van der Waals surface area contributed by atoms with Crippen molar-refractivity contribution in [3.8, 4) is 0 Å². The van der Waals surface area contributed by atoms with Gasteiger partial charge in [-0.3, -0.25) is 0 Å². The van der Waals surface area contributed by atoms with Crippen molar-refractivity contribution in [2.45, 2.75) is 19.3 Å². The van der Waals surface area contributed by atoms with Crippen LogP contribution in [0.5, 0.6) is 0 Å². The van der Waals surface area contributed by atoms with E-state index in [9.17, 15) is 4.91 Å². The number of hydrogen-bond donors (Lipinski definition) is 0. The summed E-state index contributed by atoms with van der Waals surface area (Å²) in [4.78, 5) is 10.2. The molecular formula is C9H9NO. The minimum Gasteiger partial charge on any atom is -0.145 e. The summed E-state index contributed by atoms with van der Waals surface area (Å²) in [6.45, 7) is 0. The van der Waals surface area contributed by atoms with Crippen molar-refractivity contribution in [1.29, 1.82) is 0 Å². The average molecular weight is 147 g/mol. The lowest BCUT2D eigenvalue weighted by Gasteiger charge is -1.96. The van der Waals surface area contributed by atoms with E-state index >= 15 is 0 Å². The largest absolute Gasteiger partial charge is 0.145 e. The average Bonchev–Trinajstić information content (AvgIpc) is 2.50. The zero-order valence-corrected chi connectivity index (χ0v) is 6.21.